The minimum Gasteiger partial charge on any atom is -0.313 e. The highest BCUT2D eigenvalue weighted by Gasteiger charge is 2.20. The zero-order valence-electron chi connectivity index (χ0n) is 5.22. The van der Waals surface area contributed by atoms with Gasteiger partial charge in [0.2, 0.25) is 0 Å². The summed E-state index contributed by atoms with van der Waals surface area (Å²) in [7, 11) is 0. The summed E-state index contributed by atoms with van der Waals surface area (Å²) >= 11 is 4.40. The molecule has 0 saturated carbocycles. The van der Waals surface area contributed by atoms with Crippen LogP contribution < -0.4 is 5.32 Å². The van der Waals surface area contributed by atoms with Crippen molar-refractivity contribution in [2.45, 2.75) is 31.1 Å². The van der Waals surface area contributed by atoms with Crippen LogP contribution in [0.25, 0.3) is 0 Å². The van der Waals surface area contributed by atoms with Crippen LogP contribution in [0.1, 0.15) is 19.8 Å². The predicted octanol–water partition coefficient (Wildman–Crippen LogP) is 1.06. The van der Waals surface area contributed by atoms with Crippen LogP contribution in [-0.2, 0) is 0 Å². The summed E-state index contributed by atoms with van der Waals surface area (Å²) in [5, 5.41) is 3.99. The number of rotatable bonds is 1. The monoisotopic (exact) mass is 131 g/mol. The minimum atomic E-state index is 0.611. The van der Waals surface area contributed by atoms with Crippen LogP contribution in [0.3, 0.4) is 0 Å². The molecule has 48 valence electrons. The Morgan fingerprint density at radius 1 is 1.75 bits per heavy atom. The standard InChI is InChI=1S/C6H13NS/c1-2-5-6(8)3-4-7-5/h5-8H,2-4H2,1H3/t5-,6+/m0/s1. The maximum atomic E-state index is 4.40. The smallest absolute Gasteiger partial charge is 0.0182 e. The molecule has 0 aromatic rings. The van der Waals surface area contributed by atoms with Crippen molar-refractivity contribution in [1.82, 2.24) is 5.32 Å². The van der Waals surface area contributed by atoms with E-state index < -0.39 is 0 Å². The van der Waals surface area contributed by atoms with Crippen molar-refractivity contribution in [3.8, 4) is 0 Å². The van der Waals surface area contributed by atoms with Crippen molar-refractivity contribution >= 4 is 12.6 Å². The van der Waals surface area contributed by atoms with Crippen LogP contribution in [0.15, 0.2) is 0 Å². The van der Waals surface area contributed by atoms with Gasteiger partial charge in [0.1, 0.15) is 0 Å². The Hall–Kier alpha value is 0.310. The summed E-state index contributed by atoms with van der Waals surface area (Å²) in [5.41, 5.74) is 0. The number of hydrogen-bond donors (Lipinski definition) is 2. The van der Waals surface area contributed by atoms with E-state index in [-0.39, 0.29) is 0 Å². The molecule has 0 aromatic carbocycles. The Morgan fingerprint density at radius 2 is 2.50 bits per heavy atom. The second kappa shape index (κ2) is 2.74. The van der Waals surface area contributed by atoms with E-state index in [2.05, 4.69) is 24.9 Å². The third-order valence-corrected chi connectivity index (χ3v) is 2.37. The Balaban J connectivity index is 2.30. The second-order valence-electron chi connectivity index (χ2n) is 2.32. The molecule has 1 aliphatic rings. The van der Waals surface area contributed by atoms with E-state index in [0.717, 1.165) is 6.54 Å². The van der Waals surface area contributed by atoms with E-state index in [1.807, 2.05) is 0 Å². The van der Waals surface area contributed by atoms with E-state index in [9.17, 15) is 0 Å². The lowest BCUT2D eigenvalue weighted by Crippen LogP contribution is -2.25. The maximum Gasteiger partial charge on any atom is 0.0182 e. The van der Waals surface area contributed by atoms with Crippen LogP contribution in [0.2, 0.25) is 0 Å². The first-order valence-corrected chi connectivity index (χ1v) is 3.77. The molecule has 1 heterocycles. The molecule has 1 nitrogen and oxygen atoms in total. The van der Waals surface area contributed by atoms with Gasteiger partial charge in [-0.2, -0.15) is 12.6 Å². The fourth-order valence-corrected chi connectivity index (χ4v) is 1.62. The molecule has 0 bridgehead atoms. The van der Waals surface area contributed by atoms with Crippen molar-refractivity contribution in [3.63, 3.8) is 0 Å². The first-order chi connectivity index (χ1) is 3.84. The third-order valence-electron chi connectivity index (χ3n) is 1.75. The lowest BCUT2D eigenvalue weighted by atomic mass is 10.2. The molecule has 1 N–H and O–H groups in total. The van der Waals surface area contributed by atoms with E-state index in [4.69, 9.17) is 0 Å². The minimum absolute atomic E-state index is 0.611. The van der Waals surface area contributed by atoms with Gasteiger partial charge in [-0.15, -0.1) is 0 Å². The fourth-order valence-electron chi connectivity index (χ4n) is 1.17. The summed E-state index contributed by atoms with van der Waals surface area (Å²) in [4.78, 5) is 0. The molecular formula is C6H13NS. The first kappa shape index (κ1) is 6.43. The van der Waals surface area contributed by atoms with Gasteiger partial charge in [-0.05, 0) is 19.4 Å². The molecule has 2 atom stereocenters. The molecule has 1 fully saturated rings. The number of nitrogens with one attached hydrogen (secondary N) is 1. The predicted molar refractivity (Wildman–Crippen MR) is 39.5 cm³/mol. The normalized spacial score (nSPS) is 38.2. The van der Waals surface area contributed by atoms with Gasteiger partial charge in [0.25, 0.3) is 0 Å². The summed E-state index contributed by atoms with van der Waals surface area (Å²) in [5.74, 6) is 0. The molecule has 1 saturated heterocycles. The Bertz CT molecular complexity index is 74.9. The lowest BCUT2D eigenvalue weighted by Gasteiger charge is -2.10. The van der Waals surface area contributed by atoms with Gasteiger partial charge in [-0.3, -0.25) is 0 Å². The third kappa shape index (κ3) is 1.17. The molecule has 0 spiro atoms. The average Bonchev–Trinajstić information content (AvgIpc) is 2.14. The first-order valence-electron chi connectivity index (χ1n) is 3.26. The molecule has 0 radical (unpaired) electrons. The molecule has 1 rings (SSSR count). The molecule has 1 aliphatic heterocycles. The van der Waals surface area contributed by atoms with Crippen LogP contribution in [0.5, 0.6) is 0 Å². The summed E-state index contributed by atoms with van der Waals surface area (Å²) < 4.78 is 0. The molecule has 8 heavy (non-hydrogen) atoms. The quantitative estimate of drug-likeness (QED) is 0.507. The number of hydrogen-bond acceptors (Lipinski definition) is 2. The van der Waals surface area contributed by atoms with Gasteiger partial charge in [-0.1, -0.05) is 6.92 Å². The van der Waals surface area contributed by atoms with E-state index in [0.29, 0.717) is 11.3 Å². The molecule has 0 amide bonds. The van der Waals surface area contributed by atoms with Gasteiger partial charge in [0, 0.05) is 11.3 Å². The Morgan fingerprint density at radius 3 is 2.75 bits per heavy atom. The highest BCUT2D eigenvalue weighted by Crippen LogP contribution is 2.14. The van der Waals surface area contributed by atoms with Crippen molar-refractivity contribution < 1.29 is 0 Å². The highest BCUT2D eigenvalue weighted by atomic mass is 32.1. The molecule has 0 aliphatic carbocycles. The van der Waals surface area contributed by atoms with Crippen LogP contribution in [0.4, 0.5) is 0 Å². The van der Waals surface area contributed by atoms with Gasteiger partial charge in [-0.25, -0.2) is 0 Å². The highest BCUT2D eigenvalue weighted by molar-refractivity contribution is 7.81. The van der Waals surface area contributed by atoms with Gasteiger partial charge in [0.15, 0.2) is 0 Å². The Labute approximate surface area is 56.3 Å². The maximum absolute atomic E-state index is 4.40. The molecule has 2 heteroatoms. The summed E-state index contributed by atoms with van der Waals surface area (Å²) in [6.45, 7) is 3.36. The molecular weight excluding hydrogens is 118 g/mol. The SMILES string of the molecule is CC[C@@H]1NCC[C@H]1S. The van der Waals surface area contributed by atoms with Crippen LogP contribution >= 0.6 is 12.6 Å². The zero-order valence-corrected chi connectivity index (χ0v) is 6.12. The number of thiol groups is 1. The lowest BCUT2D eigenvalue weighted by molar-refractivity contribution is 0.598. The van der Waals surface area contributed by atoms with Crippen molar-refractivity contribution in [3.05, 3.63) is 0 Å². The average molecular weight is 131 g/mol. The van der Waals surface area contributed by atoms with E-state index in [1.165, 1.54) is 12.8 Å². The van der Waals surface area contributed by atoms with E-state index >= 15 is 0 Å². The van der Waals surface area contributed by atoms with Crippen molar-refractivity contribution in [1.29, 1.82) is 0 Å². The Kier molecular flexibility index (Phi) is 2.20. The molecule has 0 unspecified atom stereocenters. The topological polar surface area (TPSA) is 12.0 Å². The van der Waals surface area contributed by atoms with Crippen LogP contribution in [-0.4, -0.2) is 17.8 Å². The zero-order chi connectivity index (χ0) is 5.98. The van der Waals surface area contributed by atoms with Crippen molar-refractivity contribution in [2.75, 3.05) is 6.54 Å². The summed E-state index contributed by atoms with van der Waals surface area (Å²) in [6, 6.07) is 0.679. The van der Waals surface area contributed by atoms with Crippen molar-refractivity contribution in [2.24, 2.45) is 0 Å². The van der Waals surface area contributed by atoms with Gasteiger partial charge in [0.05, 0.1) is 0 Å². The fraction of sp³-hybridized carbons (Fsp3) is 1.00. The largest absolute Gasteiger partial charge is 0.313 e. The summed E-state index contributed by atoms with van der Waals surface area (Å²) in [6.07, 6.45) is 2.45. The van der Waals surface area contributed by atoms with E-state index in [1.54, 1.807) is 0 Å². The second-order valence-corrected chi connectivity index (χ2v) is 2.99. The van der Waals surface area contributed by atoms with Gasteiger partial charge >= 0.3 is 0 Å². The van der Waals surface area contributed by atoms with Crippen LogP contribution in [0, 0.1) is 0 Å². The molecule has 0 aromatic heterocycles. The van der Waals surface area contributed by atoms with Gasteiger partial charge < -0.3 is 5.32 Å².